The van der Waals surface area contributed by atoms with Gasteiger partial charge in [-0.15, -0.1) is 0 Å². The molecule has 2 rings (SSSR count). The van der Waals surface area contributed by atoms with Crippen molar-refractivity contribution in [1.29, 1.82) is 0 Å². The summed E-state index contributed by atoms with van der Waals surface area (Å²) < 4.78 is 25.1. The Bertz CT molecular complexity index is 874. The van der Waals surface area contributed by atoms with E-state index in [2.05, 4.69) is 5.32 Å². The average molecular weight is 389 g/mol. The summed E-state index contributed by atoms with van der Waals surface area (Å²) in [5.74, 6) is -1.30. The fraction of sp³-hybridized carbons (Fsp3) is 0.333. The van der Waals surface area contributed by atoms with Gasteiger partial charge in [-0.3, -0.25) is 0 Å². The lowest BCUT2D eigenvalue weighted by Gasteiger charge is -2.19. The Morgan fingerprint density at radius 2 is 1.89 bits per heavy atom. The highest BCUT2D eigenvalue weighted by Gasteiger charge is 2.16. The predicted octanol–water partition coefficient (Wildman–Crippen LogP) is 4.40. The van der Waals surface area contributed by atoms with Crippen LogP contribution in [0.25, 0.3) is 11.1 Å². The van der Waals surface area contributed by atoms with Crippen LogP contribution >= 0.6 is 0 Å². The van der Waals surface area contributed by atoms with Crippen LogP contribution in [0.3, 0.4) is 0 Å². The zero-order chi connectivity index (χ0) is 20.9. The molecule has 150 valence electrons. The molecule has 0 unspecified atom stereocenters. The third-order valence-corrected chi connectivity index (χ3v) is 3.70. The van der Waals surface area contributed by atoms with Crippen LogP contribution < -0.4 is 10.1 Å². The van der Waals surface area contributed by atoms with Crippen LogP contribution in [0.2, 0.25) is 0 Å². The van der Waals surface area contributed by atoms with Gasteiger partial charge in [-0.25, -0.2) is 14.0 Å². The number of nitrogens with one attached hydrogen (secondary N) is 1. The van der Waals surface area contributed by atoms with Crippen molar-refractivity contribution < 1.29 is 28.6 Å². The fourth-order valence-corrected chi connectivity index (χ4v) is 2.47. The summed E-state index contributed by atoms with van der Waals surface area (Å²) in [6, 6.07) is 9.24. The molecule has 0 saturated heterocycles. The van der Waals surface area contributed by atoms with Crippen LogP contribution in [-0.4, -0.2) is 35.9 Å². The Hall–Kier alpha value is -3.09. The number of ether oxygens (including phenoxy) is 2. The molecular formula is C21H24FNO5. The first-order valence-corrected chi connectivity index (χ1v) is 8.80. The predicted molar refractivity (Wildman–Crippen MR) is 103 cm³/mol. The van der Waals surface area contributed by atoms with Crippen LogP contribution in [0.5, 0.6) is 5.75 Å². The second-order valence-corrected chi connectivity index (χ2v) is 7.26. The van der Waals surface area contributed by atoms with Crippen LogP contribution in [0.15, 0.2) is 36.4 Å². The molecular weight excluding hydrogens is 365 g/mol. The van der Waals surface area contributed by atoms with E-state index in [0.29, 0.717) is 16.7 Å². The van der Waals surface area contributed by atoms with Crippen LogP contribution in [0.4, 0.5) is 9.18 Å². The van der Waals surface area contributed by atoms with Gasteiger partial charge in [0, 0.05) is 5.56 Å². The van der Waals surface area contributed by atoms with Crippen molar-refractivity contribution in [1.82, 2.24) is 5.32 Å². The van der Waals surface area contributed by atoms with E-state index in [-0.39, 0.29) is 24.5 Å². The highest BCUT2D eigenvalue weighted by molar-refractivity contribution is 5.90. The third-order valence-electron chi connectivity index (χ3n) is 3.70. The minimum absolute atomic E-state index is 0.0199. The minimum atomic E-state index is -1.15. The van der Waals surface area contributed by atoms with Gasteiger partial charge in [-0.05, 0) is 57.0 Å². The Labute approximate surface area is 163 Å². The summed E-state index contributed by atoms with van der Waals surface area (Å²) in [4.78, 5) is 23.0. The standard InChI is InChI=1S/C21H24FNO5/c1-13-6-5-7-17(18(13)22)14-10-15(19(24)25)12-16(11-14)27-9-8-23-20(26)28-21(2,3)4/h5-7,10-12H,8-9H2,1-4H3,(H,23,26)(H,24,25). The Morgan fingerprint density at radius 1 is 1.18 bits per heavy atom. The second-order valence-electron chi connectivity index (χ2n) is 7.26. The topological polar surface area (TPSA) is 84.9 Å². The number of carbonyl (C=O) groups is 2. The molecule has 0 aliphatic carbocycles. The number of carboxylic acids is 1. The number of aromatic carboxylic acids is 1. The van der Waals surface area contributed by atoms with Gasteiger partial charge in [0.15, 0.2) is 0 Å². The lowest BCUT2D eigenvalue weighted by Crippen LogP contribution is -2.34. The number of rotatable bonds is 6. The van der Waals surface area contributed by atoms with Crippen molar-refractivity contribution in [2.24, 2.45) is 0 Å². The molecule has 2 aromatic rings. The largest absolute Gasteiger partial charge is 0.492 e. The Balaban J connectivity index is 2.12. The zero-order valence-corrected chi connectivity index (χ0v) is 16.3. The highest BCUT2D eigenvalue weighted by atomic mass is 19.1. The summed E-state index contributed by atoms with van der Waals surface area (Å²) in [6.07, 6.45) is -0.571. The van der Waals surface area contributed by atoms with Crippen molar-refractivity contribution in [3.05, 3.63) is 53.3 Å². The quantitative estimate of drug-likeness (QED) is 0.715. The molecule has 2 N–H and O–H groups in total. The molecule has 0 radical (unpaired) electrons. The maximum Gasteiger partial charge on any atom is 0.407 e. The molecule has 28 heavy (non-hydrogen) atoms. The highest BCUT2D eigenvalue weighted by Crippen LogP contribution is 2.29. The first kappa shape index (κ1) is 21.2. The van der Waals surface area contributed by atoms with Gasteiger partial charge in [0.1, 0.15) is 23.8 Å². The number of halogens is 1. The SMILES string of the molecule is Cc1cccc(-c2cc(OCCNC(=O)OC(C)(C)C)cc(C(=O)O)c2)c1F. The number of alkyl carbamates (subject to hydrolysis) is 1. The van der Waals surface area contributed by atoms with Gasteiger partial charge in [-0.2, -0.15) is 0 Å². The van der Waals surface area contributed by atoms with E-state index in [0.717, 1.165) is 0 Å². The molecule has 6 nitrogen and oxygen atoms in total. The summed E-state index contributed by atoms with van der Waals surface area (Å²) in [5.41, 5.74) is 0.528. The lowest BCUT2D eigenvalue weighted by atomic mass is 10.00. The molecule has 0 aliphatic rings. The van der Waals surface area contributed by atoms with Crippen LogP contribution in [0.1, 0.15) is 36.7 Å². The third kappa shape index (κ3) is 5.97. The molecule has 0 heterocycles. The zero-order valence-electron chi connectivity index (χ0n) is 16.3. The molecule has 0 spiro atoms. The Kier molecular flexibility index (Phi) is 6.62. The average Bonchev–Trinajstić information content (AvgIpc) is 2.59. The van der Waals surface area contributed by atoms with Gasteiger partial charge in [0.05, 0.1) is 12.1 Å². The normalized spacial score (nSPS) is 11.0. The van der Waals surface area contributed by atoms with Gasteiger partial charge < -0.3 is 19.9 Å². The number of hydrogen-bond donors (Lipinski definition) is 2. The molecule has 0 fully saturated rings. The summed E-state index contributed by atoms with van der Waals surface area (Å²) in [5, 5.41) is 11.9. The molecule has 1 amide bonds. The van der Waals surface area contributed by atoms with Crippen LogP contribution in [0, 0.1) is 12.7 Å². The van der Waals surface area contributed by atoms with Crippen molar-refractivity contribution in [2.75, 3.05) is 13.2 Å². The number of carboxylic acid groups (broad SMARTS) is 1. The van der Waals surface area contributed by atoms with Gasteiger partial charge in [0.25, 0.3) is 0 Å². The Morgan fingerprint density at radius 3 is 2.54 bits per heavy atom. The second kappa shape index (κ2) is 8.73. The van der Waals surface area contributed by atoms with Crippen LogP contribution in [-0.2, 0) is 4.74 Å². The molecule has 0 atom stereocenters. The number of carbonyl (C=O) groups excluding carboxylic acids is 1. The first-order valence-electron chi connectivity index (χ1n) is 8.80. The molecule has 0 aromatic heterocycles. The van der Waals surface area contributed by atoms with Crippen molar-refractivity contribution >= 4 is 12.1 Å². The maximum absolute atomic E-state index is 14.4. The van der Waals surface area contributed by atoms with Crippen molar-refractivity contribution in [3.8, 4) is 16.9 Å². The first-order chi connectivity index (χ1) is 13.1. The van der Waals surface area contributed by atoms with E-state index in [4.69, 9.17) is 9.47 Å². The van der Waals surface area contributed by atoms with Crippen molar-refractivity contribution in [3.63, 3.8) is 0 Å². The fourth-order valence-electron chi connectivity index (χ4n) is 2.47. The molecule has 0 aliphatic heterocycles. The van der Waals surface area contributed by atoms with Gasteiger partial charge in [-0.1, -0.05) is 18.2 Å². The lowest BCUT2D eigenvalue weighted by molar-refractivity contribution is 0.0520. The van der Waals surface area contributed by atoms with E-state index in [9.17, 15) is 19.1 Å². The smallest absolute Gasteiger partial charge is 0.407 e. The summed E-state index contributed by atoms with van der Waals surface area (Å²) in [7, 11) is 0. The number of amides is 1. The molecule has 2 aromatic carbocycles. The summed E-state index contributed by atoms with van der Waals surface area (Å²) in [6.45, 7) is 7.17. The molecule has 7 heteroatoms. The number of aryl methyl sites for hydroxylation is 1. The summed E-state index contributed by atoms with van der Waals surface area (Å²) >= 11 is 0. The van der Waals surface area contributed by atoms with Gasteiger partial charge in [0.2, 0.25) is 0 Å². The minimum Gasteiger partial charge on any atom is -0.492 e. The number of hydrogen-bond acceptors (Lipinski definition) is 4. The van der Waals surface area contributed by atoms with E-state index in [1.807, 2.05) is 0 Å². The monoisotopic (exact) mass is 389 g/mol. The maximum atomic E-state index is 14.4. The number of benzene rings is 2. The van der Waals surface area contributed by atoms with E-state index in [1.165, 1.54) is 12.1 Å². The molecule has 0 bridgehead atoms. The van der Waals surface area contributed by atoms with E-state index >= 15 is 0 Å². The van der Waals surface area contributed by atoms with Gasteiger partial charge >= 0.3 is 12.1 Å². The van der Waals surface area contributed by atoms with E-state index in [1.54, 1.807) is 52.0 Å². The van der Waals surface area contributed by atoms with Crippen molar-refractivity contribution in [2.45, 2.75) is 33.3 Å². The molecule has 0 saturated carbocycles. The van der Waals surface area contributed by atoms with E-state index < -0.39 is 23.5 Å².